The highest BCUT2D eigenvalue weighted by Crippen LogP contribution is 2.31. The first-order valence-electron chi connectivity index (χ1n) is 7.52. The van der Waals surface area contributed by atoms with Crippen LogP contribution in [0.1, 0.15) is 42.5 Å². The second kappa shape index (κ2) is 8.28. The summed E-state index contributed by atoms with van der Waals surface area (Å²) in [5.41, 5.74) is 3.88. The number of rotatable bonds is 8. The van der Waals surface area contributed by atoms with Crippen LogP contribution in [-0.4, -0.2) is 39.2 Å². The highest BCUT2D eigenvalue weighted by atomic mass is 16.5. The Balaban J connectivity index is 3.04. The van der Waals surface area contributed by atoms with E-state index in [0.717, 1.165) is 31.7 Å². The molecule has 1 aromatic carbocycles. The fraction of sp³-hybridized carbons (Fsp3) is 0.647. The van der Waals surface area contributed by atoms with Gasteiger partial charge in [0.2, 0.25) is 0 Å². The van der Waals surface area contributed by atoms with Crippen LogP contribution < -0.4 is 10.1 Å². The van der Waals surface area contributed by atoms with Crippen LogP contribution in [0.2, 0.25) is 0 Å². The van der Waals surface area contributed by atoms with E-state index < -0.39 is 0 Å². The molecule has 0 spiro atoms. The second-order valence-corrected chi connectivity index (χ2v) is 5.80. The Kier molecular flexibility index (Phi) is 7.03. The molecule has 0 saturated heterocycles. The third-order valence-electron chi connectivity index (χ3n) is 3.57. The van der Waals surface area contributed by atoms with Crippen LogP contribution in [0, 0.1) is 13.8 Å². The van der Waals surface area contributed by atoms with Crippen molar-refractivity contribution in [3.8, 4) is 5.75 Å². The Morgan fingerprint density at radius 1 is 1.25 bits per heavy atom. The summed E-state index contributed by atoms with van der Waals surface area (Å²) < 4.78 is 5.62. The van der Waals surface area contributed by atoms with Crippen molar-refractivity contribution >= 4 is 0 Å². The van der Waals surface area contributed by atoms with Gasteiger partial charge in [-0.1, -0.05) is 13.0 Å². The van der Waals surface area contributed by atoms with Crippen LogP contribution in [-0.2, 0) is 0 Å². The maximum Gasteiger partial charge on any atom is 0.124 e. The van der Waals surface area contributed by atoms with Gasteiger partial charge in [0.15, 0.2) is 0 Å². The Morgan fingerprint density at radius 3 is 2.50 bits per heavy atom. The van der Waals surface area contributed by atoms with E-state index in [9.17, 15) is 0 Å². The van der Waals surface area contributed by atoms with E-state index in [1.807, 2.05) is 0 Å². The highest BCUT2D eigenvalue weighted by Gasteiger charge is 2.18. The molecule has 1 N–H and O–H groups in total. The number of benzene rings is 1. The van der Waals surface area contributed by atoms with Gasteiger partial charge in [0.25, 0.3) is 0 Å². The summed E-state index contributed by atoms with van der Waals surface area (Å²) in [4.78, 5) is 2.23. The zero-order chi connectivity index (χ0) is 15.1. The van der Waals surface area contributed by atoms with Gasteiger partial charge in [-0.2, -0.15) is 0 Å². The molecule has 0 amide bonds. The van der Waals surface area contributed by atoms with E-state index in [1.54, 1.807) is 7.11 Å². The normalized spacial score (nSPS) is 12.8. The molecule has 114 valence electrons. The van der Waals surface area contributed by atoms with Gasteiger partial charge < -0.3 is 15.0 Å². The lowest BCUT2D eigenvalue weighted by atomic mass is 9.95. The lowest BCUT2D eigenvalue weighted by Crippen LogP contribution is -2.27. The molecule has 1 aromatic rings. The molecule has 0 radical (unpaired) electrons. The number of ether oxygens (including phenoxy) is 1. The summed E-state index contributed by atoms with van der Waals surface area (Å²) >= 11 is 0. The number of aryl methyl sites for hydroxylation is 2. The van der Waals surface area contributed by atoms with Gasteiger partial charge in [0, 0.05) is 11.6 Å². The topological polar surface area (TPSA) is 24.5 Å². The largest absolute Gasteiger partial charge is 0.496 e. The first-order valence-corrected chi connectivity index (χ1v) is 7.52. The van der Waals surface area contributed by atoms with E-state index >= 15 is 0 Å². The summed E-state index contributed by atoms with van der Waals surface area (Å²) in [7, 11) is 6.01. The van der Waals surface area contributed by atoms with Gasteiger partial charge in [-0.25, -0.2) is 0 Å². The monoisotopic (exact) mass is 278 g/mol. The summed E-state index contributed by atoms with van der Waals surface area (Å²) in [5, 5.41) is 3.67. The molecule has 0 fully saturated rings. The molecule has 1 atom stereocenters. The summed E-state index contributed by atoms with van der Waals surface area (Å²) in [5.74, 6) is 1.01. The first kappa shape index (κ1) is 17.0. The summed E-state index contributed by atoms with van der Waals surface area (Å²) in [6.07, 6.45) is 2.24. The smallest absolute Gasteiger partial charge is 0.124 e. The van der Waals surface area contributed by atoms with E-state index in [2.05, 4.69) is 57.2 Å². The Morgan fingerprint density at radius 2 is 1.95 bits per heavy atom. The number of hydrogen-bond acceptors (Lipinski definition) is 3. The fourth-order valence-corrected chi connectivity index (χ4v) is 2.61. The molecule has 0 aliphatic heterocycles. The average Bonchev–Trinajstić information content (AvgIpc) is 2.39. The van der Waals surface area contributed by atoms with Crippen molar-refractivity contribution in [1.82, 2.24) is 10.2 Å². The molecule has 0 aromatic heterocycles. The van der Waals surface area contributed by atoms with Gasteiger partial charge in [0.05, 0.1) is 7.11 Å². The number of nitrogens with zero attached hydrogens (tertiary/aromatic N) is 1. The van der Waals surface area contributed by atoms with Crippen LogP contribution in [0.5, 0.6) is 5.75 Å². The minimum absolute atomic E-state index is 0.355. The molecule has 0 heterocycles. The SMILES string of the molecule is CCCNC(CCN(C)C)c1c(C)cc(C)cc1OC. The number of hydrogen-bond donors (Lipinski definition) is 1. The van der Waals surface area contributed by atoms with E-state index in [1.165, 1.54) is 16.7 Å². The van der Waals surface area contributed by atoms with Crippen molar-refractivity contribution in [3.63, 3.8) is 0 Å². The van der Waals surface area contributed by atoms with E-state index in [-0.39, 0.29) is 0 Å². The Labute approximate surface area is 124 Å². The highest BCUT2D eigenvalue weighted by molar-refractivity contribution is 5.45. The fourth-order valence-electron chi connectivity index (χ4n) is 2.61. The number of methoxy groups -OCH3 is 1. The zero-order valence-corrected chi connectivity index (χ0v) is 13.9. The number of nitrogens with one attached hydrogen (secondary N) is 1. The van der Waals surface area contributed by atoms with Crippen molar-refractivity contribution in [2.75, 3.05) is 34.3 Å². The quantitative estimate of drug-likeness (QED) is 0.789. The predicted molar refractivity (Wildman–Crippen MR) is 86.7 cm³/mol. The van der Waals surface area contributed by atoms with Crippen molar-refractivity contribution in [1.29, 1.82) is 0 Å². The minimum atomic E-state index is 0.355. The second-order valence-electron chi connectivity index (χ2n) is 5.80. The van der Waals surface area contributed by atoms with Crippen LogP contribution in [0.4, 0.5) is 0 Å². The molecular formula is C17H30N2O. The summed E-state index contributed by atoms with van der Waals surface area (Å²) in [6.45, 7) is 8.61. The molecule has 0 aliphatic carbocycles. The van der Waals surface area contributed by atoms with Crippen molar-refractivity contribution in [2.24, 2.45) is 0 Å². The predicted octanol–water partition coefficient (Wildman–Crippen LogP) is 3.30. The maximum atomic E-state index is 5.62. The van der Waals surface area contributed by atoms with E-state index in [0.29, 0.717) is 6.04 Å². The van der Waals surface area contributed by atoms with Crippen LogP contribution in [0.25, 0.3) is 0 Å². The van der Waals surface area contributed by atoms with E-state index in [4.69, 9.17) is 4.74 Å². The van der Waals surface area contributed by atoms with Crippen LogP contribution >= 0.6 is 0 Å². The molecule has 3 heteroatoms. The lowest BCUT2D eigenvalue weighted by molar-refractivity contribution is 0.349. The molecular weight excluding hydrogens is 248 g/mol. The van der Waals surface area contributed by atoms with Crippen LogP contribution in [0.3, 0.4) is 0 Å². The maximum absolute atomic E-state index is 5.62. The minimum Gasteiger partial charge on any atom is -0.496 e. The van der Waals surface area contributed by atoms with Gasteiger partial charge in [-0.05, 0) is 71.1 Å². The Bertz CT molecular complexity index is 416. The first-order chi connectivity index (χ1) is 9.49. The van der Waals surface area contributed by atoms with Gasteiger partial charge in [-0.15, -0.1) is 0 Å². The van der Waals surface area contributed by atoms with Crippen LogP contribution in [0.15, 0.2) is 12.1 Å². The van der Waals surface area contributed by atoms with Gasteiger partial charge in [0.1, 0.15) is 5.75 Å². The molecule has 1 unspecified atom stereocenters. The van der Waals surface area contributed by atoms with Crippen molar-refractivity contribution in [2.45, 2.75) is 39.7 Å². The third-order valence-corrected chi connectivity index (χ3v) is 3.57. The molecule has 20 heavy (non-hydrogen) atoms. The Hall–Kier alpha value is -1.06. The lowest BCUT2D eigenvalue weighted by Gasteiger charge is -2.25. The standard InChI is InChI=1S/C17H30N2O/c1-7-9-18-15(8-10-19(4)5)17-14(3)11-13(2)12-16(17)20-6/h11-12,15,18H,7-10H2,1-6H3. The van der Waals surface area contributed by atoms with Crippen molar-refractivity contribution < 1.29 is 4.74 Å². The molecule has 3 nitrogen and oxygen atoms in total. The third kappa shape index (κ3) is 4.80. The van der Waals surface area contributed by atoms with Crippen molar-refractivity contribution in [3.05, 3.63) is 28.8 Å². The molecule has 1 rings (SSSR count). The molecule has 0 bridgehead atoms. The average molecular weight is 278 g/mol. The zero-order valence-electron chi connectivity index (χ0n) is 13.9. The van der Waals surface area contributed by atoms with Gasteiger partial charge >= 0.3 is 0 Å². The van der Waals surface area contributed by atoms with Gasteiger partial charge in [-0.3, -0.25) is 0 Å². The molecule has 0 aliphatic rings. The molecule has 0 saturated carbocycles. The summed E-state index contributed by atoms with van der Waals surface area (Å²) in [6, 6.07) is 4.74.